The number of amides is 2. The number of nitrogens with one attached hydrogen (secondary N) is 1. The van der Waals surface area contributed by atoms with Gasteiger partial charge in [-0.2, -0.15) is 0 Å². The van der Waals surface area contributed by atoms with E-state index in [1.165, 1.54) is 11.8 Å². The third-order valence-corrected chi connectivity index (χ3v) is 4.91. The molecule has 0 bridgehead atoms. The Balaban J connectivity index is 2.09. The van der Waals surface area contributed by atoms with Crippen molar-refractivity contribution in [3.63, 3.8) is 0 Å². The van der Waals surface area contributed by atoms with E-state index in [4.69, 9.17) is 5.73 Å². The smallest absolute Gasteiger partial charge is 0.240 e. The van der Waals surface area contributed by atoms with Crippen LogP contribution in [0.1, 0.15) is 27.2 Å². The molecule has 6 heteroatoms. The molecule has 0 aromatic heterocycles. The van der Waals surface area contributed by atoms with Crippen molar-refractivity contribution in [1.29, 1.82) is 0 Å². The normalized spacial score (nSPS) is 16.9. The molecule has 1 heterocycles. The first-order chi connectivity index (χ1) is 10.8. The summed E-state index contributed by atoms with van der Waals surface area (Å²) < 4.78 is 0. The van der Waals surface area contributed by atoms with Crippen molar-refractivity contribution in [2.45, 2.75) is 37.6 Å². The van der Waals surface area contributed by atoms with Crippen LogP contribution in [0.5, 0.6) is 0 Å². The quantitative estimate of drug-likeness (QED) is 0.834. The first-order valence-electron chi connectivity index (χ1n) is 7.88. The number of rotatable bonds is 6. The topological polar surface area (TPSA) is 75.4 Å². The number of thioether (sulfide) groups is 1. The SMILES string of the molecule is CC(C)CC(C)(CN)NC(=O)CN1C(=O)CSc2ccccc21. The van der Waals surface area contributed by atoms with E-state index < -0.39 is 5.54 Å². The highest BCUT2D eigenvalue weighted by molar-refractivity contribution is 8.00. The summed E-state index contributed by atoms with van der Waals surface area (Å²) in [6, 6.07) is 7.67. The standard InChI is InChI=1S/C17H25N3O2S/c1-12(2)8-17(3,11-18)19-15(21)9-20-13-6-4-5-7-14(13)23-10-16(20)22/h4-7,12H,8-11,18H2,1-3H3,(H,19,21). The molecular weight excluding hydrogens is 310 g/mol. The molecule has 0 fully saturated rings. The van der Waals surface area contributed by atoms with Gasteiger partial charge in [-0.1, -0.05) is 26.0 Å². The first-order valence-corrected chi connectivity index (χ1v) is 8.86. The Bertz CT molecular complexity index is 591. The van der Waals surface area contributed by atoms with E-state index >= 15 is 0 Å². The van der Waals surface area contributed by atoms with Gasteiger partial charge in [0.2, 0.25) is 11.8 Å². The van der Waals surface area contributed by atoms with Crippen LogP contribution in [0.2, 0.25) is 0 Å². The van der Waals surface area contributed by atoms with Gasteiger partial charge in [0.1, 0.15) is 6.54 Å². The predicted molar refractivity (Wildman–Crippen MR) is 94.6 cm³/mol. The lowest BCUT2D eigenvalue weighted by molar-refractivity contribution is -0.124. The van der Waals surface area contributed by atoms with Crippen LogP contribution in [0, 0.1) is 5.92 Å². The summed E-state index contributed by atoms with van der Waals surface area (Å²) in [6.07, 6.45) is 0.801. The Labute approximate surface area is 142 Å². The maximum atomic E-state index is 12.5. The molecule has 2 amide bonds. The molecular formula is C17H25N3O2S. The molecule has 0 saturated carbocycles. The number of fused-ring (bicyclic) bond motifs is 1. The third kappa shape index (κ3) is 4.48. The van der Waals surface area contributed by atoms with Crippen LogP contribution in [0.15, 0.2) is 29.2 Å². The molecule has 126 valence electrons. The third-order valence-electron chi connectivity index (χ3n) is 3.86. The number of carbonyl (C=O) groups is 2. The zero-order valence-electron chi connectivity index (χ0n) is 14.0. The van der Waals surface area contributed by atoms with Crippen LogP contribution in [0.4, 0.5) is 5.69 Å². The Hall–Kier alpha value is -1.53. The Kier molecular flexibility index (Phi) is 5.70. The second-order valence-corrected chi connectivity index (χ2v) is 7.66. The molecule has 1 aromatic rings. The molecule has 5 nitrogen and oxygen atoms in total. The molecule has 1 atom stereocenters. The van der Waals surface area contributed by atoms with Gasteiger partial charge in [-0.05, 0) is 31.4 Å². The van der Waals surface area contributed by atoms with Crippen molar-refractivity contribution in [3.8, 4) is 0 Å². The lowest BCUT2D eigenvalue weighted by Crippen LogP contribution is -2.55. The van der Waals surface area contributed by atoms with E-state index in [0.29, 0.717) is 18.2 Å². The van der Waals surface area contributed by atoms with Crippen molar-refractivity contribution in [1.82, 2.24) is 5.32 Å². The van der Waals surface area contributed by atoms with Gasteiger partial charge < -0.3 is 16.0 Å². The van der Waals surface area contributed by atoms with Gasteiger partial charge in [0.15, 0.2) is 0 Å². The van der Waals surface area contributed by atoms with Crippen LogP contribution in [-0.4, -0.2) is 36.2 Å². The van der Waals surface area contributed by atoms with E-state index in [9.17, 15) is 9.59 Å². The second kappa shape index (κ2) is 7.36. The van der Waals surface area contributed by atoms with Crippen molar-refractivity contribution in [3.05, 3.63) is 24.3 Å². The average molecular weight is 335 g/mol. The lowest BCUT2D eigenvalue weighted by atomic mass is 9.90. The molecule has 0 aliphatic carbocycles. The molecule has 3 N–H and O–H groups in total. The van der Waals surface area contributed by atoms with Crippen LogP contribution in [-0.2, 0) is 9.59 Å². The summed E-state index contributed by atoms with van der Waals surface area (Å²) in [7, 11) is 0. The van der Waals surface area contributed by atoms with Gasteiger partial charge in [0.05, 0.1) is 11.4 Å². The zero-order valence-corrected chi connectivity index (χ0v) is 14.8. The van der Waals surface area contributed by atoms with Gasteiger partial charge in [-0.3, -0.25) is 9.59 Å². The number of nitrogens with zero attached hydrogens (tertiary/aromatic N) is 1. The van der Waals surface area contributed by atoms with Crippen LogP contribution in [0.3, 0.4) is 0 Å². The number of carbonyl (C=O) groups excluding carboxylic acids is 2. The number of nitrogens with two attached hydrogens (primary N) is 1. The second-order valence-electron chi connectivity index (χ2n) is 6.65. The first kappa shape index (κ1) is 17.8. The molecule has 23 heavy (non-hydrogen) atoms. The van der Waals surface area contributed by atoms with E-state index in [0.717, 1.165) is 17.0 Å². The van der Waals surface area contributed by atoms with Gasteiger partial charge in [0, 0.05) is 17.0 Å². The number of benzene rings is 1. The van der Waals surface area contributed by atoms with Crippen molar-refractivity contribution >= 4 is 29.3 Å². The summed E-state index contributed by atoms with van der Waals surface area (Å²) in [4.78, 5) is 27.3. The molecule has 0 radical (unpaired) electrons. The van der Waals surface area contributed by atoms with Crippen LogP contribution < -0.4 is 16.0 Å². The fraction of sp³-hybridized carbons (Fsp3) is 0.529. The highest BCUT2D eigenvalue weighted by atomic mass is 32.2. The minimum Gasteiger partial charge on any atom is -0.348 e. The molecule has 1 aliphatic rings. The zero-order chi connectivity index (χ0) is 17.0. The molecule has 1 aromatic carbocycles. The monoisotopic (exact) mass is 335 g/mol. The Morgan fingerprint density at radius 2 is 2.13 bits per heavy atom. The average Bonchev–Trinajstić information content (AvgIpc) is 2.49. The summed E-state index contributed by atoms with van der Waals surface area (Å²) in [6.45, 7) is 6.55. The van der Waals surface area contributed by atoms with Crippen molar-refractivity contribution in [2.75, 3.05) is 23.7 Å². The molecule has 2 rings (SSSR count). The van der Waals surface area contributed by atoms with E-state index in [2.05, 4.69) is 19.2 Å². The predicted octanol–water partition coefficient (Wildman–Crippen LogP) is 2.00. The maximum absolute atomic E-state index is 12.5. The Morgan fingerprint density at radius 3 is 2.78 bits per heavy atom. The van der Waals surface area contributed by atoms with Crippen molar-refractivity contribution in [2.24, 2.45) is 11.7 Å². The van der Waals surface area contributed by atoms with E-state index in [-0.39, 0.29) is 18.4 Å². The number of para-hydroxylation sites is 1. The maximum Gasteiger partial charge on any atom is 0.240 e. The molecule has 0 spiro atoms. The highest BCUT2D eigenvalue weighted by Gasteiger charge is 2.30. The number of hydrogen-bond donors (Lipinski definition) is 2. The van der Waals surface area contributed by atoms with Crippen molar-refractivity contribution < 1.29 is 9.59 Å². The fourth-order valence-corrected chi connectivity index (χ4v) is 3.87. The summed E-state index contributed by atoms with van der Waals surface area (Å²) >= 11 is 1.51. The van der Waals surface area contributed by atoms with E-state index in [1.54, 1.807) is 4.90 Å². The van der Waals surface area contributed by atoms with Gasteiger partial charge in [-0.15, -0.1) is 11.8 Å². The highest BCUT2D eigenvalue weighted by Crippen LogP contribution is 2.34. The minimum absolute atomic E-state index is 0.0318. The molecule has 1 unspecified atom stereocenters. The summed E-state index contributed by atoms with van der Waals surface area (Å²) in [5, 5.41) is 3.01. The summed E-state index contributed by atoms with van der Waals surface area (Å²) in [5.41, 5.74) is 6.20. The largest absolute Gasteiger partial charge is 0.348 e. The summed E-state index contributed by atoms with van der Waals surface area (Å²) in [5.74, 6) is 0.582. The minimum atomic E-state index is -0.446. The van der Waals surface area contributed by atoms with Crippen LogP contribution >= 0.6 is 11.8 Å². The molecule has 0 saturated heterocycles. The fourth-order valence-electron chi connectivity index (χ4n) is 2.93. The van der Waals surface area contributed by atoms with Crippen LogP contribution in [0.25, 0.3) is 0 Å². The van der Waals surface area contributed by atoms with Gasteiger partial charge in [0.25, 0.3) is 0 Å². The molecule has 1 aliphatic heterocycles. The number of anilines is 1. The number of hydrogen-bond acceptors (Lipinski definition) is 4. The van der Waals surface area contributed by atoms with Gasteiger partial charge in [-0.25, -0.2) is 0 Å². The van der Waals surface area contributed by atoms with E-state index in [1.807, 2.05) is 31.2 Å². The lowest BCUT2D eigenvalue weighted by Gasteiger charge is -2.33. The van der Waals surface area contributed by atoms with Gasteiger partial charge >= 0.3 is 0 Å². The Morgan fingerprint density at radius 1 is 1.43 bits per heavy atom.